The summed E-state index contributed by atoms with van der Waals surface area (Å²) < 4.78 is 5.31. The van der Waals surface area contributed by atoms with Crippen molar-refractivity contribution in [3.8, 4) is 11.1 Å². The highest BCUT2D eigenvalue weighted by atomic mass is 35.5. The number of hydrogen-bond acceptors (Lipinski definition) is 3. The van der Waals surface area contributed by atoms with Gasteiger partial charge in [0.25, 0.3) is 0 Å². The number of aromatic nitrogens is 1. The lowest BCUT2D eigenvalue weighted by Crippen LogP contribution is -2.39. The van der Waals surface area contributed by atoms with Crippen molar-refractivity contribution in [1.29, 1.82) is 0 Å². The third-order valence-corrected chi connectivity index (χ3v) is 5.06. The van der Waals surface area contributed by atoms with E-state index in [4.69, 9.17) is 16.1 Å². The van der Waals surface area contributed by atoms with Crippen molar-refractivity contribution in [3.05, 3.63) is 70.1 Å². The number of benzene rings is 2. The Morgan fingerprint density at radius 1 is 1.15 bits per heavy atom. The number of aryl methyl sites for hydroxylation is 2. The highest BCUT2D eigenvalue weighted by Crippen LogP contribution is 2.40. The molecule has 1 unspecified atom stereocenters. The van der Waals surface area contributed by atoms with E-state index in [2.05, 4.69) is 16.5 Å². The molecular formula is C20H18ClN3O2. The molecule has 2 aromatic carbocycles. The standard InChI is InChI=1S/C20H18ClN3O2/c1-11-18(12(2)26-23-11)14-6-9-17-16(10-14)19(24(3)20(25)22-17)13-4-7-15(21)8-5-13/h4-10,19H,1-3H3,(H,22,25). The first-order valence-electron chi connectivity index (χ1n) is 8.32. The number of hydrogen-bond donors (Lipinski definition) is 1. The van der Waals surface area contributed by atoms with E-state index < -0.39 is 0 Å². The van der Waals surface area contributed by atoms with Crippen LogP contribution in [-0.2, 0) is 0 Å². The summed E-state index contributed by atoms with van der Waals surface area (Å²) in [4.78, 5) is 14.1. The second kappa shape index (κ2) is 6.18. The van der Waals surface area contributed by atoms with Gasteiger partial charge >= 0.3 is 6.03 Å². The number of halogens is 1. The van der Waals surface area contributed by atoms with Crippen LogP contribution >= 0.6 is 11.6 Å². The number of nitrogens with one attached hydrogen (secondary N) is 1. The minimum absolute atomic E-state index is 0.137. The molecule has 0 radical (unpaired) electrons. The van der Waals surface area contributed by atoms with Gasteiger partial charge in [0.1, 0.15) is 5.76 Å². The van der Waals surface area contributed by atoms with Crippen LogP contribution in [0.3, 0.4) is 0 Å². The van der Waals surface area contributed by atoms with Gasteiger partial charge in [0, 0.05) is 28.9 Å². The topological polar surface area (TPSA) is 58.4 Å². The van der Waals surface area contributed by atoms with Crippen molar-refractivity contribution < 1.29 is 9.32 Å². The summed E-state index contributed by atoms with van der Waals surface area (Å²) >= 11 is 6.03. The lowest BCUT2D eigenvalue weighted by atomic mass is 9.91. The molecule has 0 bridgehead atoms. The summed E-state index contributed by atoms with van der Waals surface area (Å²) in [5, 5.41) is 7.66. The van der Waals surface area contributed by atoms with Crippen LogP contribution in [0.1, 0.15) is 28.6 Å². The van der Waals surface area contributed by atoms with Gasteiger partial charge < -0.3 is 14.7 Å². The molecule has 0 fully saturated rings. The van der Waals surface area contributed by atoms with E-state index in [0.717, 1.165) is 39.4 Å². The quantitative estimate of drug-likeness (QED) is 0.679. The van der Waals surface area contributed by atoms with Gasteiger partial charge in [0.15, 0.2) is 0 Å². The zero-order chi connectivity index (χ0) is 18.4. The first-order valence-corrected chi connectivity index (χ1v) is 8.70. The number of fused-ring (bicyclic) bond motifs is 1. The monoisotopic (exact) mass is 367 g/mol. The third-order valence-electron chi connectivity index (χ3n) is 4.80. The van der Waals surface area contributed by atoms with E-state index in [0.29, 0.717) is 5.02 Å². The van der Waals surface area contributed by atoms with Crippen molar-refractivity contribution >= 4 is 23.3 Å². The van der Waals surface area contributed by atoms with Crippen molar-refractivity contribution in [3.63, 3.8) is 0 Å². The lowest BCUT2D eigenvalue weighted by Gasteiger charge is -2.35. The van der Waals surface area contributed by atoms with Crippen LogP contribution in [0.2, 0.25) is 5.02 Å². The minimum atomic E-state index is -0.198. The maximum absolute atomic E-state index is 12.4. The molecule has 5 nitrogen and oxygen atoms in total. The predicted octanol–water partition coefficient (Wildman–Crippen LogP) is 5.18. The van der Waals surface area contributed by atoms with Gasteiger partial charge in [-0.25, -0.2) is 4.79 Å². The summed E-state index contributed by atoms with van der Waals surface area (Å²) in [6.07, 6.45) is 0. The SMILES string of the molecule is Cc1noc(C)c1-c1ccc2c(c1)C(c1ccc(Cl)cc1)N(C)C(=O)N2. The third kappa shape index (κ3) is 2.65. The number of anilines is 1. The molecule has 0 spiro atoms. The molecule has 1 N–H and O–H groups in total. The van der Waals surface area contributed by atoms with E-state index in [-0.39, 0.29) is 12.1 Å². The van der Waals surface area contributed by atoms with E-state index >= 15 is 0 Å². The molecule has 2 heterocycles. The van der Waals surface area contributed by atoms with E-state index in [9.17, 15) is 4.79 Å². The molecule has 2 amide bonds. The van der Waals surface area contributed by atoms with E-state index in [1.807, 2.05) is 50.2 Å². The minimum Gasteiger partial charge on any atom is -0.361 e. The number of amides is 2. The van der Waals surface area contributed by atoms with Crippen LogP contribution in [0, 0.1) is 13.8 Å². The Morgan fingerprint density at radius 2 is 1.88 bits per heavy atom. The molecule has 0 saturated heterocycles. The predicted molar refractivity (Wildman–Crippen MR) is 101 cm³/mol. The second-order valence-corrected chi connectivity index (χ2v) is 6.93. The molecule has 4 rings (SSSR count). The zero-order valence-electron chi connectivity index (χ0n) is 14.7. The average Bonchev–Trinajstić information content (AvgIpc) is 2.96. The first-order chi connectivity index (χ1) is 12.5. The molecule has 26 heavy (non-hydrogen) atoms. The number of carbonyl (C=O) groups excluding carboxylic acids is 1. The summed E-state index contributed by atoms with van der Waals surface area (Å²) in [5.41, 5.74) is 5.68. The molecule has 1 aromatic heterocycles. The summed E-state index contributed by atoms with van der Waals surface area (Å²) in [7, 11) is 1.79. The second-order valence-electron chi connectivity index (χ2n) is 6.50. The Morgan fingerprint density at radius 3 is 2.54 bits per heavy atom. The number of urea groups is 1. The Kier molecular flexibility index (Phi) is 3.96. The van der Waals surface area contributed by atoms with Crippen molar-refractivity contribution in [2.45, 2.75) is 19.9 Å². The van der Waals surface area contributed by atoms with Crippen molar-refractivity contribution in [2.75, 3.05) is 12.4 Å². The summed E-state index contributed by atoms with van der Waals surface area (Å²) in [5.74, 6) is 0.777. The molecule has 0 saturated carbocycles. The van der Waals surface area contributed by atoms with Crippen LogP contribution in [0.5, 0.6) is 0 Å². The fraction of sp³-hybridized carbons (Fsp3) is 0.200. The fourth-order valence-electron chi connectivity index (χ4n) is 3.53. The van der Waals surface area contributed by atoms with Gasteiger partial charge in [-0.15, -0.1) is 0 Å². The Hall–Kier alpha value is -2.79. The summed E-state index contributed by atoms with van der Waals surface area (Å²) in [6.45, 7) is 3.83. The highest BCUT2D eigenvalue weighted by molar-refractivity contribution is 6.30. The maximum atomic E-state index is 12.4. The van der Waals surface area contributed by atoms with Gasteiger partial charge in [0.05, 0.1) is 11.7 Å². The molecule has 132 valence electrons. The van der Waals surface area contributed by atoms with Crippen molar-refractivity contribution in [1.82, 2.24) is 10.1 Å². The number of carbonyl (C=O) groups is 1. The van der Waals surface area contributed by atoms with Gasteiger partial charge in [0.2, 0.25) is 0 Å². The number of rotatable bonds is 2. The molecular weight excluding hydrogens is 350 g/mol. The van der Waals surface area contributed by atoms with Crippen molar-refractivity contribution in [2.24, 2.45) is 0 Å². The van der Waals surface area contributed by atoms with Crippen LogP contribution in [0.4, 0.5) is 10.5 Å². The first kappa shape index (κ1) is 16.7. The number of nitrogens with zero attached hydrogens (tertiary/aromatic N) is 2. The molecule has 6 heteroatoms. The molecule has 0 aliphatic carbocycles. The Labute approximate surface area is 156 Å². The molecule has 3 aromatic rings. The Balaban J connectivity index is 1.89. The van der Waals surface area contributed by atoms with E-state index in [1.54, 1.807) is 11.9 Å². The molecule has 1 atom stereocenters. The molecule has 1 aliphatic rings. The fourth-order valence-corrected chi connectivity index (χ4v) is 3.66. The lowest BCUT2D eigenvalue weighted by molar-refractivity contribution is 0.209. The van der Waals surface area contributed by atoms with Crippen LogP contribution < -0.4 is 5.32 Å². The molecule has 1 aliphatic heterocycles. The van der Waals surface area contributed by atoms with Crippen LogP contribution in [-0.4, -0.2) is 23.1 Å². The maximum Gasteiger partial charge on any atom is 0.322 e. The zero-order valence-corrected chi connectivity index (χ0v) is 15.5. The smallest absolute Gasteiger partial charge is 0.322 e. The highest BCUT2D eigenvalue weighted by Gasteiger charge is 2.31. The van der Waals surface area contributed by atoms with E-state index in [1.165, 1.54) is 0 Å². The summed E-state index contributed by atoms with van der Waals surface area (Å²) in [6, 6.07) is 13.3. The van der Waals surface area contributed by atoms with Gasteiger partial charge in [-0.05, 0) is 49.2 Å². The van der Waals surface area contributed by atoms with Crippen LogP contribution in [0.25, 0.3) is 11.1 Å². The average molecular weight is 368 g/mol. The largest absolute Gasteiger partial charge is 0.361 e. The Bertz CT molecular complexity index is 975. The van der Waals surface area contributed by atoms with Gasteiger partial charge in [-0.2, -0.15) is 0 Å². The van der Waals surface area contributed by atoms with Crippen LogP contribution in [0.15, 0.2) is 47.0 Å². The van der Waals surface area contributed by atoms with Gasteiger partial charge in [-0.3, -0.25) is 0 Å². The van der Waals surface area contributed by atoms with Gasteiger partial charge in [-0.1, -0.05) is 35.0 Å². The normalized spacial score (nSPS) is 16.4.